The molecular formula is C63H75F2N5O4. The Kier molecular flexibility index (Phi) is 25.9. The van der Waals surface area contributed by atoms with E-state index in [0.717, 1.165) is 85.7 Å². The number of ether oxygens (including phenoxy) is 3. The molecule has 0 radical (unpaired) electrons. The molecule has 1 aliphatic heterocycles. The second-order valence-electron chi connectivity index (χ2n) is 17.2. The van der Waals surface area contributed by atoms with Crippen LogP contribution in [0.1, 0.15) is 117 Å². The van der Waals surface area contributed by atoms with Gasteiger partial charge in [0.05, 0.1) is 44.6 Å². The Balaban J connectivity index is 0.000000187. The molecule has 1 N–H and O–H groups in total. The summed E-state index contributed by atoms with van der Waals surface area (Å²) >= 11 is 0. The Morgan fingerprint density at radius 1 is 0.689 bits per heavy atom. The molecule has 9 nitrogen and oxygen atoms in total. The number of allylic oxidation sites excluding steroid dienone is 1. The fourth-order valence-corrected chi connectivity index (χ4v) is 7.45. The predicted octanol–water partition coefficient (Wildman–Crippen LogP) is 14.7. The second kappa shape index (κ2) is 32.5. The molecular weight excluding hydrogens is 929 g/mol. The first-order valence-electron chi connectivity index (χ1n) is 25.7. The van der Waals surface area contributed by atoms with Crippen LogP contribution in [0.25, 0.3) is 17.1 Å². The van der Waals surface area contributed by atoms with Crippen molar-refractivity contribution in [3.63, 3.8) is 0 Å². The molecule has 390 valence electrons. The second-order valence-corrected chi connectivity index (χ2v) is 17.2. The Morgan fingerprint density at radius 2 is 1.39 bits per heavy atom. The molecule has 0 amide bonds. The van der Waals surface area contributed by atoms with Crippen LogP contribution in [0.15, 0.2) is 146 Å². The third kappa shape index (κ3) is 19.1. The Morgan fingerprint density at radius 3 is 1.97 bits per heavy atom. The summed E-state index contributed by atoms with van der Waals surface area (Å²) in [6, 6.07) is 34.9. The predicted molar refractivity (Wildman–Crippen MR) is 298 cm³/mol. The Labute approximate surface area is 438 Å². The molecule has 8 aromatic rings. The standard InChI is InChI=1S/C11H12.C10H12O.C9H10N2.C9H11NO.C9H12O.C8H8F2.C7H10N2O/c1-2-9-6-7-10-4-3-5-11(10)8-9;1-8(9(2)11)10-6-4-3-5-7-10;1-2-7-5-8-3-4-10-9(8)11-6-7;1-2-7-3-5-10-8-4-6-11-9(7)8;1-3-8-4-6-9(10-2)7-5-8;1-2-6-7(9)4-3-5-8(6)10;1-3-6-4-9-7(10-2)5-8-6/h3,5-8H,2,4H2,1H3;3-8H,1-2H3;3-6H,2H2,1H3,(H,10,11);3,5H,2,4,6H2,1H3;4-7H,3H2,1-2H3;3-5H,2H2,1H3;4-5H,3H2,1-2H3/t;8-;;;;;/m.0...../s1. The molecule has 0 saturated carbocycles. The van der Waals surface area contributed by atoms with Crippen LogP contribution in [0, 0.1) is 11.6 Å². The van der Waals surface area contributed by atoms with Gasteiger partial charge in [-0.1, -0.05) is 127 Å². The molecule has 0 spiro atoms. The number of aromatic nitrogens is 5. The zero-order valence-electron chi connectivity index (χ0n) is 45.1. The van der Waals surface area contributed by atoms with E-state index in [1.54, 1.807) is 40.5 Å². The van der Waals surface area contributed by atoms with Crippen molar-refractivity contribution in [3.05, 3.63) is 214 Å². The summed E-state index contributed by atoms with van der Waals surface area (Å²) in [6.45, 7) is 16.7. The van der Waals surface area contributed by atoms with E-state index in [-0.39, 0.29) is 17.3 Å². The van der Waals surface area contributed by atoms with Crippen molar-refractivity contribution in [2.75, 3.05) is 20.8 Å². The van der Waals surface area contributed by atoms with Gasteiger partial charge in [0.25, 0.3) is 0 Å². The molecule has 1 atom stereocenters. The SMILES string of the molecule is CC(=O)[C@H](C)c1ccccc1.CCc1c(F)cccc1F.CCc1ccc(OC)cc1.CCc1ccc2c(c1)C=CC2.CCc1ccnc2c1OCC2.CCc1cnc(OC)cn1.CCc1cnc2[nH]ccc2c1. The number of fused-ring (bicyclic) bond motifs is 3. The minimum absolute atomic E-state index is 0.0381. The summed E-state index contributed by atoms with van der Waals surface area (Å²) in [6.07, 6.45) is 21.2. The van der Waals surface area contributed by atoms with Gasteiger partial charge in [-0.25, -0.2) is 18.7 Å². The summed E-state index contributed by atoms with van der Waals surface area (Å²) in [7, 11) is 3.26. The topological polar surface area (TPSA) is 112 Å². The van der Waals surface area contributed by atoms with Crippen LogP contribution in [0.3, 0.4) is 0 Å². The van der Waals surface area contributed by atoms with Gasteiger partial charge in [-0.15, -0.1) is 0 Å². The summed E-state index contributed by atoms with van der Waals surface area (Å²) in [5, 5.41) is 1.20. The van der Waals surface area contributed by atoms with Gasteiger partial charge in [0, 0.05) is 41.9 Å². The van der Waals surface area contributed by atoms with Gasteiger partial charge in [0.2, 0.25) is 5.88 Å². The zero-order valence-corrected chi connectivity index (χ0v) is 45.1. The van der Waals surface area contributed by atoms with Crippen LogP contribution in [0.2, 0.25) is 0 Å². The zero-order chi connectivity index (χ0) is 53.7. The van der Waals surface area contributed by atoms with E-state index in [9.17, 15) is 13.6 Å². The number of hydrogen-bond acceptors (Lipinski definition) is 8. The lowest BCUT2D eigenvalue weighted by Crippen LogP contribution is -2.03. The van der Waals surface area contributed by atoms with Crippen molar-refractivity contribution >= 4 is 22.9 Å². The van der Waals surface area contributed by atoms with E-state index in [1.807, 2.05) is 87.0 Å². The molecule has 0 saturated heterocycles. The minimum Gasteiger partial charge on any atom is -0.497 e. The number of methoxy groups -OCH3 is 2. The van der Waals surface area contributed by atoms with Crippen molar-refractivity contribution < 1.29 is 27.8 Å². The number of benzene rings is 4. The average Bonchev–Trinajstić information content (AvgIpc) is 4.26. The van der Waals surface area contributed by atoms with Crippen LogP contribution in [0.5, 0.6) is 17.4 Å². The highest BCUT2D eigenvalue weighted by molar-refractivity contribution is 5.82. The maximum atomic E-state index is 12.6. The van der Waals surface area contributed by atoms with Gasteiger partial charge in [0.15, 0.2) is 0 Å². The van der Waals surface area contributed by atoms with Crippen molar-refractivity contribution in [1.82, 2.24) is 24.9 Å². The number of nitrogens with one attached hydrogen (secondary N) is 1. The fraction of sp³-hybridized carbons (Fsp3) is 0.317. The monoisotopic (exact) mass is 1000 g/mol. The molecule has 1 aliphatic carbocycles. The molecule has 10 rings (SSSR count). The summed E-state index contributed by atoms with van der Waals surface area (Å²) in [4.78, 5) is 30.6. The number of ketones is 1. The number of rotatable bonds is 10. The number of aromatic amines is 1. The lowest BCUT2D eigenvalue weighted by molar-refractivity contribution is -0.118. The summed E-state index contributed by atoms with van der Waals surface area (Å²) in [5.41, 5.74) is 12.6. The molecule has 74 heavy (non-hydrogen) atoms. The molecule has 0 unspecified atom stereocenters. The average molecular weight is 1000 g/mol. The molecule has 5 heterocycles. The van der Waals surface area contributed by atoms with Crippen LogP contribution in [0.4, 0.5) is 8.78 Å². The third-order valence-electron chi connectivity index (χ3n) is 12.3. The lowest BCUT2D eigenvalue weighted by atomic mass is 9.98. The number of pyridine rings is 2. The van der Waals surface area contributed by atoms with Crippen LogP contribution in [-0.4, -0.2) is 51.5 Å². The molecule has 2 aliphatic rings. The number of hydrogen-bond donors (Lipinski definition) is 1. The van der Waals surface area contributed by atoms with E-state index in [0.29, 0.717) is 12.3 Å². The van der Waals surface area contributed by atoms with Gasteiger partial charge in [-0.2, -0.15) is 0 Å². The first kappa shape index (κ1) is 59.0. The first-order valence-corrected chi connectivity index (χ1v) is 25.7. The third-order valence-corrected chi connectivity index (χ3v) is 12.3. The molecule has 4 aromatic carbocycles. The molecule has 0 fully saturated rings. The highest BCUT2D eigenvalue weighted by atomic mass is 19.1. The van der Waals surface area contributed by atoms with Crippen molar-refractivity contribution in [1.29, 1.82) is 0 Å². The number of Topliss-reactive ketones (excluding diaryl/α,β-unsaturated/α-hetero) is 1. The van der Waals surface area contributed by atoms with Crippen LogP contribution >= 0.6 is 0 Å². The number of carbonyl (C=O) groups excluding carboxylic acids is 1. The minimum atomic E-state index is -0.456. The molecule has 0 bridgehead atoms. The van der Waals surface area contributed by atoms with E-state index in [4.69, 9.17) is 14.2 Å². The van der Waals surface area contributed by atoms with Crippen LogP contribution < -0.4 is 14.2 Å². The quantitative estimate of drug-likeness (QED) is 0.144. The highest BCUT2D eigenvalue weighted by Gasteiger charge is 2.15. The maximum Gasteiger partial charge on any atom is 0.231 e. The molecule has 11 heteroatoms. The number of carbonyl (C=O) groups is 1. The van der Waals surface area contributed by atoms with E-state index < -0.39 is 11.6 Å². The number of halogens is 2. The Bertz CT molecular complexity index is 2790. The number of nitrogens with zero attached hydrogens (tertiary/aromatic N) is 4. The summed E-state index contributed by atoms with van der Waals surface area (Å²) < 4.78 is 40.5. The van der Waals surface area contributed by atoms with Gasteiger partial charge in [-0.3, -0.25) is 14.8 Å². The van der Waals surface area contributed by atoms with Gasteiger partial charge in [-0.05, 0) is 133 Å². The maximum absolute atomic E-state index is 12.6. The smallest absolute Gasteiger partial charge is 0.231 e. The van der Waals surface area contributed by atoms with Gasteiger partial charge < -0.3 is 19.2 Å². The van der Waals surface area contributed by atoms with Gasteiger partial charge in [0.1, 0.15) is 34.6 Å². The van der Waals surface area contributed by atoms with E-state index in [1.165, 1.54) is 57.0 Å². The van der Waals surface area contributed by atoms with Crippen molar-refractivity contribution in [3.8, 4) is 17.4 Å². The number of aryl methyl sites for hydroxylation is 5. The largest absolute Gasteiger partial charge is 0.497 e. The van der Waals surface area contributed by atoms with Crippen molar-refractivity contribution in [2.45, 2.75) is 113 Å². The highest BCUT2D eigenvalue weighted by Crippen LogP contribution is 2.27. The lowest BCUT2D eigenvalue weighted by Gasteiger charge is -2.05. The normalized spacial score (nSPS) is 11.5. The van der Waals surface area contributed by atoms with E-state index >= 15 is 0 Å². The van der Waals surface area contributed by atoms with Crippen LogP contribution in [-0.2, 0) is 56.2 Å². The fourth-order valence-electron chi connectivity index (χ4n) is 7.45. The summed E-state index contributed by atoms with van der Waals surface area (Å²) in [5.74, 6) is 1.88. The first-order chi connectivity index (χ1) is 35.9. The van der Waals surface area contributed by atoms with E-state index in [2.05, 4.69) is 101 Å². The molecule has 4 aromatic heterocycles. The van der Waals surface area contributed by atoms with Gasteiger partial charge >= 0.3 is 0 Å². The van der Waals surface area contributed by atoms with Crippen molar-refractivity contribution in [2.24, 2.45) is 0 Å². The Hall–Kier alpha value is -7.53. The number of H-pyrrole nitrogens is 1.